The van der Waals surface area contributed by atoms with Crippen LogP contribution in [0.3, 0.4) is 0 Å². The number of aromatic nitrogens is 7. The molecule has 9 heteroatoms. The quantitative estimate of drug-likeness (QED) is 0.386. The minimum Gasteiger partial charge on any atom is -0.325 e. The highest BCUT2D eigenvalue weighted by molar-refractivity contribution is 5.94. The Bertz CT molecular complexity index is 1350. The summed E-state index contributed by atoms with van der Waals surface area (Å²) in [6.45, 7) is 2.06. The molecule has 5 rings (SSSR count). The molecule has 0 saturated heterocycles. The minimum absolute atomic E-state index is 0.00927. The molecule has 154 valence electrons. The van der Waals surface area contributed by atoms with E-state index in [9.17, 15) is 4.79 Å². The summed E-state index contributed by atoms with van der Waals surface area (Å²) in [6.07, 6.45) is 9.20. The molecule has 5 heterocycles. The predicted molar refractivity (Wildman–Crippen MR) is 118 cm³/mol. The maximum atomic E-state index is 12.1. The van der Waals surface area contributed by atoms with Crippen LogP contribution in [0.4, 0.5) is 5.69 Å². The molecule has 0 aliphatic carbocycles. The van der Waals surface area contributed by atoms with E-state index in [2.05, 4.69) is 47.4 Å². The molecule has 3 N–H and O–H groups in total. The molecule has 0 aliphatic rings. The van der Waals surface area contributed by atoms with Crippen molar-refractivity contribution in [1.82, 2.24) is 35.1 Å². The third-order valence-corrected chi connectivity index (χ3v) is 5.01. The summed E-state index contributed by atoms with van der Waals surface area (Å²) in [5, 5.41) is 11.1. The van der Waals surface area contributed by atoms with E-state index in [1.165, 1.54) is 0 Å². The van der Waals surface area contributed by atoms with Gasteiger partial charge in [-0.2, -0.15) is 5.10 Å². The van der Waals surface area contributed by atoms with Gasteiger partial charge in [0.1, 0.15) is 11.2 Å². The molecule has 9 nitrogen and oxygen atoms in total. The zero-order valence-electron chi connectivity index (χ0n) is 16.9. The van der Waals surface area contributed by atoms with Crippen molar-refractivity contribution in [2.75, 3.05) is 5.32 Å². The fourth-order valence-electron chi connectivity index (χ4n) is 3.42. The molecule has 0 unspecified atom stereocenters. The summed E-state index contributed by atoms with van der Waals surface area (Å²) in [6, 6.07) is 7.62. The average Bonchev–Trinajstić information content (AvgIpc) is 3.41. The number of aromatic amines is 2. The van der Waals surface area contributed by atoms with Crippen LogP contribution >= 0.6 is 0 Å². The highest BCUT2D eigenvalue weighted by Crippen LogP contribution is 2.29. The Hall–Kier alpha value is -4.14. The number of carbonyl (C=O) groups excluding carboxylic acids is 1. The third kappa shape index (κ3) is 3.73. The summed E-state index contributed by atoms with van der Waals surface area (Å²) in [5.41, 5.74) is 5.17. The van der Waals surface area contributed by atoms with Gasteiger partial charge in [-0.25, -0.2) is 15.0 Å². The number of carbonyl (C=O) groups is 1. The molecule has 0 aliphatic heterocycles. The highest BCUT2D eigenvalue weighted by atomic mass is 16.1. The van der Waals surface area contributed by atoms with Crippen molar-refractivity contribution in [3.8, 4) is 22.6 Å². The summed E-state index contributed by atoms with van der Waals surface area (Å²) in [4.78, 5) is 32.9. The standard InChI is InChI=1S/C22H20N8O/c1-2-3-6-18(31)26-15-8-13(10-23-12-15)14-9-16-19(29-30-20(16)25-11-14)22-27-17-5-4-7-24-21(17)28-22/h4-5,7-12H,2-3,6H2,1H3,(H,26,31)(H,24,27,28)(H,25,29,30). The fraction of sp³-hybridized carbons (Fsp3) is 0.182. The van der Waals surface area contributed by atoms with E-state index in [1.54, 1.807) is 24.8 Å². The molecular formula is C22H20N8O. The maximum absolute atomic E-state index is 12.1. The number of nitrogens with zero attached hydrogens (tertiary/aromatic N) is 5. The summed E-state index contributed by atoms with van der Waals surface area (Å²) in [7, 11) is 0. The van der Waals surface area contributed by atoms with Crippen molar-refractivity contribution < 1.29 is 4.79 Å². The Balaban J connectivity index is 1.49. The molecule has 0 radical (unpaired) electrons. The van der Waals surface area contributed by atoms with Gasteiger partial charge in [0.25, 0.3) is 0 Å². The van der Waals surface area contributed by atoms with E-state index < -0.39 is 0 Å². The lowest BCUT2D eigenvalue weighted by atomic mass is 10.1. The van der Waals surface area contributed by atoms with E-state index in [0.717, 1.165) is 34.9 Å². The number of nitrogens with one attached hydrogen (secondary N) is 3. The van der Waals surface area contributed by atoms with Gasteiger partial charge in [-0.05, 0) is 30.7 Å². The first-order valence-electron chi connectivity index (χ1n) is 10.1. The maximum Gasteiger partial charge on any atom is 0.224 e. The van der Waals surface area contributed by atoms with Crippen LogP contribution in [0.2, 0.25) is 0 Å². The molecule has 31 heavy (non-hydrogen) atoms. The van der Waals surface area contributed by atoms with Crippen molar-refractivity contribution in [1.29, 1.82) is 0 Å². The Morgan fingerprint density at radius 2 is 2.00 bits per heavy atom. The minimum atomic E-state index is -0.00927. The number of hydrogen-bond donors (Lipinski definition) is 3. The van der Waals surface area contributed by atoms with Gasteiger partial charge in [0.15, 0.2) is 17.1 Å². The van der Waals surface area contributed by atoms with Crippen LogP contribution in [0, 0.1) is 0 Å². The Morgan fingerprint density at radius 3 is 2.87 bits per heavy atom. The zero-order chi connectivity index (χ0) is 21.2. The molecule has 0 aromatic carbocycles. The normalized spacial score (nSPS) is 11.3. The van der Waals surface area contributed by atoms with Crippen LogP contribution in [0.1, 0.15) is 26.2 Å². The van der Waals surface area contributed by atoms with Gasteiger partial charge in [-0.3, -0.25) is 14.9 Å². The van der Waals surface area contributed by atoms with Crippen molar-refractivity contribution in [3.63, 3.8) is 0 Å². The predicted octanol–water partition coefficient (Wildman–Crippen LogP) is 4.09. The van der Waals surface area contributed by atoms with Crippen LogP contribution < -0.4 is 5.32 Å². The number of anilines is 1. The van der Waals surface area contributed by atoms with Gasteiger partial charge in [-0.1, -0.05) is 13.3 Å². The lowest BCUT2D eigenvalue weighted by Gasteiger charge is -2.07. The third-order valence-electron chi connectivity index (χ3n) is 5.01. The number of imidazole rings is 1. The Kier molecular flexibility index (Phi) is 4.83. The summed E-state index contributed by atoms with van der Waals surface area (Å²) in [5.74, 6) is 0.610. The SMILES string of the molecule is CCCCC(=O)Nc1cncc(-c2cnc3[nH]nc(-c4nc5cccnc5[nH]4)c3c2)c1. The van der Waals surface area contributed by atoms with Crippen molar-refractivity contribution in [2.24, 2.45) is 0 Å². The smallest absolute Gasteiger partial charge is 0.224 e. The fourth-order valence-corrected chi connectivity index (χ4v) is 3.42. The summed E-state index contributed by atoms with van der Waals surface area (Å²) >= 11 is 0. The lowest BCUT2D eigenvalue weighted by molar-refractivity contribution is -0.116. The van der Waals surface area contributed by atoms with Gasteiger partial charge in [0.2, 0.25) is 5.91 Å². The van der Waals surface area contributed by atoms with E-state index >= 15 is 0 Å². The Morgan fingerprint density at radius 1 is 1.10 bits per heavy atom. The largest absolute Gasteiger partial charge is 0.325 e. The molecule has 1 amide bonds. The second-order valence-corrected chi connectivity index (χ2v) is 7.26. The second-order valence-electron chi connectivity index (χ2n) is 7.26. The molecule has 5 aromatic heterocycles. The first kappa shape index (κ1) is 18.9. The monoisotopic (exact) mass is 412 g/mol. The van der Waals surface area contributed by atoms with Crippen molar-refractivity contribution in [2.45, 2.75) is 26.2 Å². The van der Waals surface area contributed by atoms with E-state index in [0.29, 0.717) is 34.9 Å². The number of unbranched alkanes of at least 4 members (excludes halogenated alkanes) is 1. The number of rotatable bonds is 6. The first-order valence-corrected chi connectivity index (χ1v) is 10.1. The van der Waals surface area contributed by atoms with Gasteiger partial charge in [-0.15, -0.1) is 0 Å². The van der Waals surface area contributed by atoms with Crippen LogP contribution in [0.15, 0.2) is 49.1 Å². The molecule has 0 fully saturated rings. The Labute approximate surface area is 177 Å². The van der Waals surface area contributed by atoms with Crippen LogP contribution in [-0.4, -0.2) is 41.0 Å². The van der Waals surface area contributed by atoms with Gasteiger partial charge in [0, 0.05) is 36.1 Å². The number of amides is 1. The number of pyridine rings is 3. The van der Waals surface area contributed by atoms with Crippen LogP contribution in [0.25, 0.3) is 44.8 Å². The molecule has 0 spiro atoms. The van der Waals surface area contributed by atoms with E-state index in [4.69, 9.17) is 0 Å². The topological polar surface area (TPSA) is 125 Å². The molecule has 0 saturated carbocycles. The van der Waals surface area contributed by atoms with Gasteiger partial charge >= 0.3 is 0 Å². The number of H-pyrrole nitrogens is 2. The summed E-state index contributed by atoms with van der Waals surface area (Å²) < 4.78 is 0. The first-order chi connectivity index (χ1) is 15.2. The molecule has 0 bridgehead atoms. The number of hydrogen-bond acceptors (Lipinski definition) is 6. The second kappa shape index (κ2) is 7.94. The number of fused-ring (bicyclic) bond motifs is 2. The van der Waals surface area contributed by atoms with Gasteiger partial charge in [0.05, 0.1) is 17.3 Å². The van der Waals surface area contributed by atoms with E-state index in [1.807, 2.05) is 24.3 Å². The van der Waals surface area contributed by atoms with Crippen molar-refractivity contribution in [3.05, 3.63) is 49.1 Å². The molecular weight excluding hydrogens is 392 g/mol. The van der Waals surface area contributed by atoms with E-state index in [-0.39, 0.29) is 5.91 Å². The highest BCUT2D eigenvalue weighted by Gasteiger charge is 2.15. The van der Waals surface area contributed by atoms with Gasteiger partial charge < -0.3 is 10.3 Å². The molecule has 0 atom stereocenters. The lowest BCUT2D eigenvalue weighted by Crippen LogP contribution is -2.11. The van der Waals surface area contributed by atoms with Crippen LogP contribution in [-0.2, 0) is 4.79 Å². The molecule has 5 aromatic rings. The zero-order valence-corrected chi connectivity index (χ0v) is 16.9. The van der Waals surface area contributed by atoms with Crippen molar-refractivity contribution >= 4 is 33.8 Å². The average molecular weight is 412 g/mol. The van der Waals surface area contributed by atoms with Crippen LogP contribution in [0.5, 0.6) is 0 Å².